The molecule has 0 aromatic rings. The summed E-state index contributed by atoms with van der Waals surface area (Å²) in [7, 11) is 2.43. The zero-order valence-electron chi connectivity index (χ0n) is 12.4. The maximum atomic E-state index is 4.74. The normalized spacial score (nSPS) is 35.7. The van der Waals surface area contributed by atoms with Crippen molar-refractivity contribution in [3.8, 4) is 0 Å². The summed E-state index contributed by atoms with van der Waals surface area (Å²) >= 11 is 2.06. The smallest absolute Gasteiger partial charge is 0.160 e. The van der Waals surface area contributed by atoms with E-state index in [1.807, 2.05) is 0 Å². The molecule has 0 radical (unpaired) electrons. The number of aliphatic imine (C=N–C) groups is 1. The van der Waals surface area contributed by atoms with Gasteiger partial charge in [-0.25, -0.2) is 0 Å². The molecule has 0 aromatic heterocycles. The molecular formula is C14H27BN2S. The molecule has 0 amide bonds. The van der Waals surface area contributed by atoms with Crippen LogP contribution in [0.25, 0.3) is 0 Å². The summed E-state index contributed by atoms with van der Waals surface area (Å²) in [5.74, 6) is 0.889. The van der Waals surface area contributed by atoms with E-state index in [1.165, 1.54) is 37.3 Å². The second kappa shape index (κ2) is 6.36. The van der Waals surface area contributed by atoms with Crippen LogP contribution in [-0.2, 0) is 0 Å². The third-order valence-corrected chi connectivity index (χ3v) is 5.56. The van der Waals surface area contributed by atoms with Crippen LogP contribution in [0.1, 0.15) is 52.9 Å². The summed E-state index contributed by atoms with van der Waals surface area (Å²) in [4.78, 5) is 7.35. The second-order valence-corrected chi connectivity index (χ2v) is 7.31. The van der Waals surface area contributed by atoms with Gasteiger partial charge in [0.15, 0.2) is 5.17 Å². The molecule has 0 spiro atoms. The lowest BCUT2D eigenvalue weighted by Gasteiger charge is -2.34. The summed E-state index contributed by atoms with van der Waals surface area (Å²) in [6, 6.07) is 1.33. The van der Waals surface area contributed by atoms with Crippen molar-refractivity contribution < 1.29 is 0 Å². The molecule has 2 fully saturated rings. The van der Waals surface area contributed by atoms with Gasteiger partial charge in [0.25, 0.3) is 0 Å². The maximum absolute atomic E-state index is 4.74. The molecule has 1 heterocycles. The van der Waals surface area contributed by atoms with Crippen LogP contribution in [0.5, 0.6) is 0 Å². The van der Waals surface area contributed by atoms with Crippen LogP contribution in [0, 0.1) is 0 Å². The van der Waals surface area contributed by atoms with Gasteiger partial charge in [0.1, 0.15) is 7.85 Å². The van der Waals surface area contributed by atoms with Gasteiger partial charge in [-0.3, -0.25) is 4.99 Å². The minimum absolute atomic E-state index is 0.590. The molecule has 1 saturated carbocycles. The third kappa shape index (κ3) is 3.07. The quantitative estimate of drug-likeness (QED) is 0.714. The Kier molecular flexibility index (Phi) is 5.05. The highest BCUT2D eigenvalue weighted by molar-refractivity contribution is 8.14. The van der Waals surface area contributed by atoms with Crippen molar-refractivity contribution in [2.24, 2.45) is 4.99 Å². The van der Waals surface area contributed by atoms with Crippen LogP contribution >= 0.6 is 11.8 Å². The molecule has 0 N–H and O–H groups in total. The molecule has 2 nitrogen and oxygen atoms in total. The molecule has 4 heteroatoms. The zero-order valence-corrected chi connectivity index (χ0v) is 13.2. The number of rotatable bonds is 2. The average Bonchev–Trinajstić information content (AvgIpc) is 2.60. The monoisotopic (exact) mass is 266 g/mol. The van der Waals surface area contributed by atoms with Crippen LogP contribution in [0.3, 0.4) is 0 Å². The summed E-state index contributed by atoms with van der Waals surface area (Å²) < 4.78 is 0. The van der Waals surface area contributed by atoms with Gasteiger partial charge in [0.05, 0.1) is 0 Å². The number of thioether (sulfide) groups is 1. The predicted molar refractivity (Wildman–Crippen MR) is 85.5 cm³/mol. The highest BCUT2D eigenvalue weighted by Gasteiger charge is 2.40. The molecule has 18 heavy (non-hydrogen) atoms. The molecular weight excluding hydrogens is 239 g/mol. The van der Waals surface area contributed by atoms with Crippen LogP contribution < -0.4 is 0 Å². The van der Waals surface area contributed by atoms with E-state index in [4.69, 9.17) is 4.99 Å². The molecule has 1 aliphatic carbocycles. The van der Waals surface area contributed by atoms with Crippen molar-refractivity contribution in [1.29, 1.82) is 0 Å². The van der Waals surface area contributed by atoms with Gasteiger partial charge in [-0.1, -0.05) is 36.8 Å². The third-order valence-electron chi connectivity index (χ3n) is 4.20. The number of amidine groups is 1. The highest BCUT2D eigenvalue weighted by Crippen LogP contribution is 2.42. The Morgan fingerprint density at radius 3 is 2.78 bits per heavy atom. The Labute approximate surface area is 117 Å². The van der Waals surface area contributed by atoms with Gasteiger partial charge in [-0.15, -0.1) is 0 Å². The van der Waals surface area contributed by atoms with Gasteiger partial charge in [-0.05, 0) is 33.6 Å². The Morgan fingerprint density at radius 2 is 2.11 bits per heavy atom. The van der Waals surface area contributed by atoms with Crippen molar-refractivity contribution in [2.45, 2.75) is 76.0 Å². The second-order valence-electron chi connectivity index (χ2n) is 6.11. The van der Waals surface area contributed by atoms with E-state index >= 15 is 0 Å². The van der Waals surface area contributed by atoms with Crippen LogP contribution in [0.15, 0.2) is 4.99 Å². The van der Waals surface area contributed by atoms with E-state index in [2.05, 4.69) is 45.3 Å². The summed E-state index contributed by atoms with van der Waals surface area (Å²) in [6.45, 7) is 7.70. The van der Waals surface area contributed by atoms with Gasteiger partial charge >= 0.3 is 0 Å². The predicted octanol–water partition coefficient (Wildman–Crippen LogP) is 2.94. The fourth-order valence-electron chi connectivity index (χ4n) is 3.34. The molecule has 1 aliphatic heterocycles. The van der Waals surface area contributed by atoms with Crippen molar-refractivity contribution >= 4 is 24.8 Å². The molecule has 102 valence electrons. The highest BCUT2D eigenvalue weighted by atomic mass is 32.2. The number of fused-ring (bicyclic) bond motifs is 1. The number of hydrogen-bond donors (Lipinski definition) is 0. The van der Waals surface area contributed by atoms with E-state index in [1.54, 1.807) is 0 Å². The Morgan fingerprint density at radius 1 is 1.39 bits per heavy atom. The maximum Gasteiger partial charge on any atom is 0.160 e. The molecule has 2 aliphatic rings. The fraction of sp³-hybridized carbons (Fsp3) is 0.929. The summed E-state index contributed by atoms with van der Waals surface area (Å²) in [6.07, 6.45) is 6.98. The molecule has 0 aromatic carbocycles. The molecule has 1 saturated heterocycles. The van der Waals surface area contributed by atoms with Crippen LogP contribution in [0.2, 0.25) is 5.82 Å². The number of nitrogens with zero attached hydrogens (tertiary/aromatic N) is 2. The van der Waals surface area contributed by atoms with Gasteiger partial charge in [-0.2, -0.15) is 0 Å². The summed E-state index contributed by atoms with van der Waals surface area (Å²) in [5.41, 5.74) is 0. The first kappa shape index (κ1) is 14.3. The average molecular weight is 266 g/mol. The van der Waals surface area contributed by atoms with Crippen molar-refractivity contribution in [2.75, 3.05) is 6.54 Å². The van der Waals surface area contributed by atoms with Crippen molar-refractivity contribution in [3.63, 3.8) is 0 Å². The van der Waals surface area contributed by atoms with Gasteiger partial charge in [0.2, 0.25) is 0 Å². The lowest BCUT2D eigenvalue weighted by Crippen LogP contribution is -2.42. The standard InChI is InChI=1S/C14H27BN2S/c1-4-16-14-17(10(2)3)12-8-6-5-7-11(15)9-13(12)18-14/h10-13H,4-9,15H2,1-3H3/b16-14-. The lowest BCUT2D eigenvalue weighted by atomic mass is 9.76. The molecule has 2 rings (SSSR count). The minimum atomic E-state index is 0.590. The van der Waals surface area contributed by atoms with Crippen molar-refractivity contribution in [1.82, 2.24) is 4.90 Å². The van der Waals surface area contributed by atoms with Crippen LogP contribution in [0.4, 0.5) is 0 Å². The van der Waals surface area contributed by atoms with Gasteiger partial charge in [0, 0.05) is 23.9 Å². The van der Waals surface area contributed by atoms with Crippen LogP contribution in [-0.4, -0.2) is 41.8 Å². The molecule has 3 atom stereocenters. The fourth-order valence-corrected chi connectivity index (χ4v) is 5.14. The Bertz CT molecular complexity index is 306. The summed E-state index contributed by atoms with van der Waals surface area (Å²) in [5, 5.41) is 2.10. The molecule has 3 unspecified atom stereocenters. The number of hydrogen-bond acceptors (Lipinski definition) is 2. The van der Waals surface area contributed by atoms with E-state index in [-0.39, 0.29) is 0 Å². The Hall–Kier alpha value is -0.115. The van der Waals surface area contributed by atoms with Gasteiger partial charge < -0.3 is 4.90 Å². The van der Waals surface area contributed by atoms with E-state index < -0.39 is 0 Å². The topological polar surface area (TPSA) is 15.6 Å². The first-order chi connectivity index (χ1) is 8.63. The minimum Gasteiger partial charge on any atom is -0.345 e. The first-order valence-electron chi connectivity index (χ1n) is 7.63. The van der Waals surface area contributed by atoms with Crippen molar-refractivity contribution in [3.05, 3.63) is 0 Å². The van der Waals surface area contributed by atoms with E-state index in [0.29, 0.717) is 6.04 Å². The van der Waals surface area contributed by atoms with E-state index in [9.17, 15) is 0 Å². The van der Waals surface area contributed by atoms with E-state index in [0.717, 1.165) is 23.7 Å². The lowest BCUT2D eigenvalue weighted by molar-refractivity contribution is 0.240. The zero-order chi connectivity index (χ0) is 13.1. The SMILES string of the molecule is BC1CCCCC2C(C1)S/C(=N\CC)N2C(C)C. The Balaban J connectivity index is 2.18. The largest absolute Gasteiger partial charge is 0.345 e. The first-order valence-corrected chi connectivity index (χ1v) is 8.50. The molecule has 0 bridgehead atoms.